The van der Waals surface area contributed by atoms with E-state index in [2.05, 4.69) is 0 Å². The van der Waals surface area contributed by atoms with Crippen LogP contribution in [0.1, 0.15) is 0 Å². The van der Waals surface area contributed by atoms with Gasteiger partial charge in [-0.05, 0) is 0 Å². The van der Waals surface area contributed by atoms with E-state index in [4.69, 9.17) is 15.2 Å². The van der Waals surface area contributed by atoms with Gasteiger partial charge in [-0.2, -0.15) is 0 Å². The summed E-state index contributed by atoms with van der Waals surface area (Å²) in [6.07, 6.45) is -5.35. The van der Waals surface area contributed by atoms with Gasteiger partial charge in [0.1, 0.15) is 24.4 Å². The van der Waals surface area contributed by atoms with Gasteiger partial charge in [-0.1, -0.05) is 0 Å². The van der Waals surface area contributed by atoms with Crippen molar-refractivity contribution in [1.82, 2.24) is 0 Å². The van der Waals surface area contributed by atoms with Crippen molar-refractivity contribution in [3.8, 4) is 0 Å². The zero-order valence-corrected chi connectivity index (χ0v) is 7.33. The molecule has 0 aromatic carbocycles. The highest BCUT2D eigenvalue weighted by Gasteiger charge is 2.43. The Morgan fingerprint density at radius 3 is 2.31 bits per heavy atom. The van der Waals surface area contributed by atoms with Gasteiger partial charge in [0.25, 0.3) is 0 Å². The fourth-order valence-electron chi connectivity index (χ4n) is 1.31. The average molecular weight is 193 g/mol. The summed E-state index contributed by atoms with van der Waals surface area (Å²) >= 11 is 0. The number of hydrogen-bond acceptors (Lipinski definition) is 6. The molecule has 6 heteroatoms. The van der Waals surface area contributed by atoms with Gasteiger partial charge in [0, 0.05) is 13.7 Å². The van der Waals surface area contributed by atoms with Crippen molar-refractivity contribution in [2.45, 2.75) is 30.7 Å². The van der Waals surface area contributed by atoms with Crippen LogP contribution >= 0.6 is 0 Å². The summed E-state index contributed by atoms with van der Waals surface area (Å²) in [5.41, 5.74) is 5.28. The molecule has 1 aliphatic rings. The second-order valence-electron chi connectivity index (χ2n) is 2.99. The van der Waals surface area contributed by atoms with E-state index in [0.717, 1.165) is 0 Å². The van der Waals surface area contributed by atoms with E-state index in [1.807, 2.05) is 0 Å². The lowest BCUT2D eigenvalue weighted by molar-refractivity contribution is -0.287. The van der Waals surface area contributed by atoms with Crippen LogP contribution in [-0.4, -0.2) is 59.7 Å². The highest BCUT2D eigenvalue weighted by Crippen LogP contribution is 2.20. The lowest BCUT2D eigenvalue weighted by Crippen LogP contribution is -2.59. The summed E-state index contributed by atoms with van der Waals surface area (Å²) in [5.74, 6) is 0. The van der Waals surface area contributed by atoms with E-state index in [1.54, 1.807) is 0 Å². The van der Waals surface area contributed by atoms with Gasteiger partial charge in [-0.3, -0.25) is 0 Å². The number of rotatable bonds is 2. The SMILES string of the molecule is CO[C@H]1OC(CN)[C@@H](O)[C@H](O)C1O. The van der Waals surface area contributed by atoms with Gasteiger partial charge in [-0.15, -0.1) is 0 Å². The summed E-state index contributed by atoms with van der Waals surface area (Å²) in [6.45, 7) is 0.0603. The molecule has 78 valence electrons. The van der Waals surface area contributed by atoms with Crippen LogP contribution in [0.15, 0.2) is 0 Å². The predicted molar refractivity (Wildman–Crippen MR) is 42.7 cm³/mol. The van der Waals surface area contributed by atoms with Crippen molar-refractivity contribution in [2.24, 2.45) is 5.73 Å². The molecule has 0 bridgehead atoms. The maximum absolute atomic E-state index is 9.35. The van der Waals surface area contributed by atoms with E-state index >= 15 is 0 Å². The summed E-state index contributed by atoms with van der Waals surface area (Å²) in [4.78, 5) is 0. The minimum Gasteiger partial charge on any atom is -0.388 e. The van der Waals surface area contributed by atoms with E-state index in [0.29, 0.717) is 0 Å². The van der Waals surface area contributed by atoms with Gasteiger partial charge in [0.2, 0.25) is 0 Å². The topological polar surface area (TPSA) is 105 Å². The molecule has 1 fully saturated rings. The van der Waals surface area contributed by atoms with E-state index in [1.165, 1.54) is 7.11 Å². The molecule has 5 N–H and O–H groups in total. The lowest BCUT2D eigenvalue weighted by Gasteiger charge is -2.39. The van der Waals surface area contributed by atoms with Gasteiger partial charge < -0.3 is 30.5 Å². The molecule has 0 amide bonds. The van der Waals surface area contributed by atoms with E-state index in [-0.39, 0.29) is 6.54 Å². The first-order valence-corrected chi connectivity index (χ1v) is 4.04. The first kappa shape index (κ1) is 10.8. The molecule has 0 spiro atoms. The van der Waals surface area contributed by atoms with Crippen LogP contribution in [0.5, 0.6) is 0 Å². The van der Waals surface area contributed by atoms with Crippen LogP contribution in [0.3, 0.4) is 0 Å². The summed E-state index contributed by atoms with van der Waals surface area (Å²) in [6, 6.07) is 0. The highest BCUT2D eigenvalue weighted by molar-refractivity contribution is 4.89. The average Bonchev–Trinajstić information content (AvgIpc) is 2.15. The molecule has 13 heavy (non-hydrogen) atoms. The fourth-order valence-corrected chi connectivity index (χ4v) is 1.31. The Labute approximate surface area is 75.9 Å². The fraction of sp³-hybridized carbons (Fsp3) is 1.00. The van der Waals surface area contributed by atoms with Crippen LogP contribution < -0.4 is 5.73 Å². The van der Waals surface area contributed by atoms with Crippen LogP contribution in [0.2, 0.25) is 0 Å². The number of aliphatic hydroxyl groups is 3. The van der Waals surface area contributed by atoms with Crippen LogP contribution in [0.25, 0.3) is 0 Å². The van der Waals surface area contributed by atoms with Gasteiger partial charge in [0.15, 0.2) is 6.29 Å². The molecular weight excluding hydrogens is 178 g/mol. The minimum atomic E-state index is -1.28. The second-order valence-corrected chi connectivity index (χ2v) is 2.99. The first-order chi connectivity index (χ1) is 6.11. The zero-order chi connectivity index (χ0) is 10.0. The molecule has 0 aromatic heterocycles. The van der Waals surface area contributed by atoms with Crippen molar-refractivity contribution in [3.05, 3.63) is 0 Å². The number of hydrogen-bond donors (Lipinski definition) is 4. The number of nitrogens with two attached hydrogens (primary N) is 1. The zero-order valence-electron chi connectivity index (χ0n) is 7.33. The largest absolute Gasteiger partial charge is 0.388 e. The maximum Gasteiger partial charge on any atom is 0.186 e. The molecule has 0 radical (unpaired) electrons. The monoisotopic (exact) mass is 193 g/mol. The van der Waals surface area contributed by atoms with Crippen molar-refractivity contribution in [3.63, 3.8) is 0 Å². The molecular formula is C7H15NO5. The van der Waals surface area contributed by atoms with Crippen molar-refractivity contribution in [1.29, 1.82) is 0 Å². The third kappa shape index (κ3) is 1.98. The number of aliphatic hydroxyl groups excluding tert-OH is 3. The Hall–Kier alpha value is -0.240. The molecule has 1 aliphatic heterocycles. The Morgan fingerprint density at radius 2 is 1.85 bits per heavy atom. The Bertz CT molecular complexity index is 147. The predicted octanol–water partition coefficient (Wildman–Crippen LogP) is -2.60. The quantitative estimate of drug-likeness (QED) is 0.383. The Morgan fingerprint density at radius 1 is 1.23 bits per heavy atom. The third-order valence-electron chi connectivity index (χ3n) is 2.13. The molecule has 1 saturated heterocycles. The van der Waals surface area contributed by atoms with Gasteiger partial charge in [-0.25, -0.2) is 0 Å². The summed E-state index contributed by atoms with van der Waals surface area (Å²) in [5, 5.41) is 28.0. The van der Waals surface area contributed by atoms with Gasteiger partial charge >= 0.3 is 0 Å². The Balaban J connectivity index is 2.66. The Kier molecular flexibility index (Phi) is 3.60. The smallest absolute Gasteiger partial charge is 0.186 e. The van der Waals surface area contributed by atoms with Crippen molar-refractivity contribution in [2.75, 3.05) is 13.7 Å². The van der Waals surface area contributed by atoms with Crippen LogP contribution in [0, 0.1) is 0 Å². The van der Waals surface area contributed by atoms with Crippen molar-refractivity contribution >= 4 is 0 Å². The first-order valence-electron chi connectivity index (χ1n) is 4.04. The minimum absolute atomic E-state index is 0.0603. The molecule has 6 nitrogen and oxygen atoms in total. The van der Waals surface area contributed by atoms with Crippen LogP contribution in [-0.2, 0) is 9.47 Å². The molecule has 0 aromatic rings. The summed E-state index contributed by atoms with van der Waals surface area (Å²) < 4.78 is 9.83. The summed E-state index contributed by atoms with van der Waals surface area (Å²) in [7, 11) is 1.34. The molecule has 0 aliphatic carbocycles. The van der Waals surface area contributed by atoms with Gasteiger partial charge in [0.05, 0.1) is 0 Å². The van der Waals surface area contributed by atoms with Crippen LogP contribution in [0.4, 0.5) is 0 Å². The molecule has 1 heterocycles. The second kappa shape index (κ2) is 4.32. The number of ether oxygens (including phenoxy) is 2. The van der Waals surface area contributed by atoms with E-state index < -0.39 is 30.7 Å². The maximum atomic E-state index is 9.35. The lowest BCUT2D eigenvalue weighted by atomic mass is 9.99. The normalized spacial score (nSPS) is 46.4. The van der Waals surface area contributed by atoms with Crippen molar-refractivity contribution < 1.29 is 24.8 Å². The molecule has 5 atom stereocenters. The number of methoxy groups -OCH3 is 1. The molecule has 2 unspecified atom stereocenters. The molecule has 1 rings (SSSR count). The standard InChI is InChI=1S/C7H15NO5/c1-12-7-6(11)5(10)4(9)3(2-8)13-7/h3-7,9-11H,2,8H2,1H3/t3?,4-,5+,6?,7+/m1/s1. The highest BCUT2D eigenvalue weighted by atomic mass is 16.7. The molecule has 0 saturated carbocycles. The van der Waals surface area contributed by atoms with E-state index in [9.17, 15) is 15.3 Å². The third-order valence-corrected chi connectivity index (χ3v) is 2.13.